The van der Waals surface area contributed by atoms with Crippen LogP contribution in [0.4, 0.5) is 0 Å². The number of rotatable bonds is 5. The molecule has 0 aliphatic carbocycles. The highest BCUT2D eigenvalue weighted by molar-refractivity contribution is 7.15. The Labute approximate surface area is 213 Å². The van der Waals surface area contributed by atoms with Crippen LogP contribution in [-0.2, 0) is 0 Å². The van der Waals surface area contributed by atoms with Crippen molar-refractivity contribution in [3.8, 4) is 34.1 Å². The summed E-state index contributed by atoms with van der Waals surface area (Å²) in [4.78, 5) is 22.3. The van der Waals surface area contributed by atoms with Gasteiger partial charge in [-0.15, -0.1) is 5.10 Å². The molecule has 6 rings (SSSR count). The molecule has 0 amide bonds. The quantitative estimate of drug-likeness (QED) is 0.343. The van der Waals surface area contributed by atoms with Crippen molar-refractivity contribution in [1.29, 1.82) is 0 Å². The van der Waals surface area contributed by atoms with Gasteiger partial charge in [-0.2, -0.15) is 14.6 Å². The van der Waals surface area contributed by atoms with Gasteiger partial charge in [0, 0.05) is 35.3 Å². The van der Waals surface area contributed by atoms with Crippen LogP contribution in [0.2, 0.25) is 5.02 Å². The monoisotopic (exact) mass is 512 g/mol. The third-order valence-electron chi connectivity index (χ3n) is 5.58. The standard InChI is InChI=1S/C26H17ClN6O2S/c1-35-21-10-9-16(12-20(21)27)23-18(15-32(30-23)19-7-3-2-4-8-19)13-22-25(34)33-26(36-22)29-24(31-33)17-6-5-11-28-14-17/h2-15H,1H3. The number of aromatic nitrogens is 6. The zero-order valence-electron chi connectivity index (χ0n) is 18.9. The molecule has 0 unspecified atom stereocenters. The molecule has 8 nitrogen and oxygen atoms in total. The van der Waals surface area contributed by atoms with Crippen LogP contribution in [0, 0.1) is 0 Å². The van der Waals surface area contributed by atoms with Gasteiger partial charge in [-0.05, 0) is 48.5 Å². The first kappa shape index (κ1) is 22.1. The zero-order chi connectivity index (χ0) is 24.6. The second kappa shape index (κ2) is 9.03. The Morgan fingerprint density at radius 2 is 1.89 bits per heavy atom. The van der Waals surface area contributed by atoms with Gasteiger partial charge in [0.15, 0.2) is 5.82 Å². The lowest BCUT2D eigenvalue weighted by atomic mass is 10.1. The van der Waals surface area contributed by atoms with E-state index in [4.69, 9.17) is 21.4 Å². The van der Waals surface area contributed by atoms with Crippen LogP contribution in [0.15, 0.2) is 84.0 Å². The van der Waals surface area contributed by atoms with Crippen molar-refractivity contribution in [1.82, 2.24) is 29.4 Å². The smallest absolute Gasteiger partial charge is 0.291 e. The highest BCUT2D eigenvalue weighted by Crippen LogP contribution is 2.32. The molecule has 0 bridgehead atoms. The van der Waals surface area contributed by atoms with Crippen LogP contribution < -0.4 is 14.8 Å². The van der Waals surface area contributed by atoms with Crippen molar-refractivity contribution in [3.05, 3.63) is 105 Å². The number of halogens is 1. The number of pyridine rings is 1. The third kappa shape index (κ3) is 3.94. The molecule has 0 saturated carbocycles. The van der Waals surface area contributed by atoms with Crippen molar-refractivity contribution in [3.63, 3.8) is 0 Å². The van der Waals surface area contributed by atoms with Gasteiger partial charge < -0.3 is 4.74 Å². The fraction of sp³-hybridized carbons (Fsp3) is 0.0385. The number of thiazole rings is 1. The van der Waals surface area contributed by atoms with Crippen molar-refractivity contribution in [2.24, 2.45) is 0 Å². The van der Waals surface area contributed by atoms with Crippen LogP contribution in [-0.4, -0.2) is 36.5 Å². The lowest BCUT2D eigenvalue weighted by Gasteiger charge is -2.05. The maximum atomic E-state index is 13.2. The summed E-state index contributed by atoms with van der Waals surface area (Å²) < 4.78 is 8.89. The Bertz CT molecular complexity index is 1810. The molecule has 36 heavy (non-hydrogen) atoms. The van der Waals surface area contributed by atoms with Crippen molar-refractivity contribution < 1.29 is 4.74 Å². The first-order chi connectivity index (χ1) is 17.6. The number of fused-ring (bicyclic) bond motifs is 1. The molecule has 4 heterocycles. The number of methoxy groups -OCH3 is 1. The van der Waals surface area contributed by atoms with Gasteiger partial charge in [0.05, 0.1) is 22.4 Å². The maximum absolute atomic E-state index is 13.2. The molecule has 176 valence electrons. The molecule has 2 aromatic carbocycles. The minimum Gasteiger partial charge on any atom is -0.495 e. The second-order valence-corrected chi connectivity index (χ2v) is 9.27. The summed E-state index contributed by atoms with van der Waals surface area (Å²) in [5, 5.41) is 9.69. The third-order valence-corrected chi connectivity index (χ3v) is 6.83. The summed E-state index contributed by atoms with van der Waals surface area (Å²) in [5.41, 5.74) is 3.63. The number of ether oxygens (including phenoxy) is 1. The van der Waals surface area contributed by atoms with E-state index in [-0.39, 0.29) is 5.56 Å². The number of hydrogen-bond acceptors (Lipinski definition) is 7. The van der Waals surface area contributed by atoms with Crippen molar-refractivity contribution in [2.75, 3.05) is 7.11 Å². The summed E-state index contributed by atoms with van der Waals surface area (Å²) in [5.74, 6) is 1.04. The Hall–Kier alpha value is -4.34. The van der Waals surface area contributed by atoms with E-state index in [1.807, 2.05) is 54.7 Å². The fourth-order valence-corrected chi connectivity index (χ4v) is 4.99. The van der Waals surface area contributed by atoms with Gasteiger partial charge >= 0.3 is 0 Å². The Balaban J connectivity index is 1.50. The van der Waals surface area contributed by atoms with E-state index in [0.717, 1.165) is 22.4 Å². The predicted molar refractivity (Wildman–Crippen MR) is 140 cm³/mol. The minimum absolute atomic E-state index is 0.246. The first-order valence-electron chi connectivity index (χ1n) is 10.9. The highest BCUT2D eigenvalue weighted by Gasteiger charge is 2.16. The van der Waals surface area contributed by atoms with E-state index in [1.54, 1.807) is 42.4 Å². The summed E-state index contributed by atoms with van der Waals surface area (Å²) >= 11 is 7.67. The van der Waals surface area contributed by atoms with Gasteiger partial charge in [0.25, 0.3) is 5.56 Å². The van der Waals surface area contributed by atoms with Crippen molar-refractivity contribution in [2.45, 2.75) is 0 Å². The van der Waals surface area contributed by atoms with Crippen LogP contribution in [0.5, 0.6) is 5.75 Å². The van der Waals surface area contributed by atoms with E-state index in [1.165, 1.54) is 15.9 Å². The molecule has 0 spiro atoms. The summed E-state index contributed by atoms with van der Waals surface area (Å²) in [6.07, 6.45) is 7.05. The average molecular weight is 513 g/mol. The maximum Gasteiger partial charge on any atom is 0.291 e. The largest absolute Gasteiger partial charge is 0.495 e. The topological polar surface area (TPSA) is 87.2 Å². The molecular weight excluding hydrogens is 496 g/mol. The number of nitrogens with zero attached hydrogens (tertiary/aromatic N) is 6. The molecule has 6 aromatic rings. The highest BCUT2D eigenvalue weighted by atomic mass is 35.5. The lowest BCUT2D eigenvalue weighted by molar-refractivity contribution is 0.415. The fourth-order valence-electron chi connectivity index (χ4n) is 3.84. The number of benzene rings is 2. The molecule has 0 saturated heterocycles. The summed E-state index contributed by atoms with van der Waals surface area (Å²) in [7, 11) is 1.57. The Morgan fingerprint density at radius 1 is 1.03 bits per heavy atom. The number of hydrogen-bond donors (Lipinski definition) is 0. The van der Waals surface area contributed by atoms with Gasteiger partial charge in [-0.25, -0.2) is 4.68 Å². The van der Waals surface area contributed by atoms with Gasteiger partial charge in [0.2, 0.25) is 4.96 Å². The van der Waals surface area contributed by atoms with Crippen LogP contribution >= 0.6 is 22.9 Å². The normalized spacial score (nSPS) is 11.9. The van der Waals surface area contributed by atoms with E-state index in [2.05, 4.69) is 15.1 Å². The predicted octanol–water partition coefficient (Wildman–Crippen LogP) is 4.28. The van der Waals surface area contributed by atoms with E-state index in [0.29, 0.717) is 31.8 Å². The van der Waals surface area contributed by atoms with Gasteiger partial charge in [-0.3, -0.25) is 9.78 Å². The van der Waals surface area contributed by atoms with Crippen LogP contribution in [0.3, 0.4) is 0 Å². The molecule has 0 radical (unpaired) electrons. The second-order valence-electron chi connectivity index (χ2n) is 7.85. The van der Waals surface area contributed by atoms with E-state index >= 15 is 0 Å². The van der Waals surface area contributed by atoms with Crippen LogP contribution in [0.1, 0.15) is 5.56 Å². The van der Waals surface area contributed by atoms with Crippen molar-refractivity contribution >= 4 is 34.0 Å². The minimum atomic E-state index is -0.246. The summed E-state index contributed by atoms with van der Waals surface area (Å²) in [6, 6.07) is 18.9. The molecule has 0 N–H and O–H groups in total. The number of para-hydroxylation sites is 1. The molecular formula is C26H17ClN6O2S. The van der Waals surface area contributed by atoms with Gasteiger partial charge in [0.1, 0.15) is 11.4 Å². The first-order valence-corrected chi connectivity index (χ1v) is 12.1. The molecule has 0 fully saturated rings. The molecule has 0 aliphatic heterocycles. The zero-order valence-corrected chi connectivity index (χ0v) is 20.4. The van der Waals surface area contributed by atoms with Gasteiger partial charge in [-0.1, -0.05) is 41.1 Å². The lowest BCUT2D eigenvalue weighted by Crippen LogP contribution is -2.23. The molecule has 0 aliphatic rings. The SMILES string of the molecule is COc1ccc(-c2nn(-c3ccccc3)cc2C=c2sc3nc(-c4cccnc4)nn3c2=O)cc1Cl. The van der Waals surface area contributed by atoms with E-state index in [9.17, 15) is 4.79 Å². The van der Waals surface area contributed by atoms with Crippen LogP contribution in [0.25, 0.3) is 39.4 Å². The summed E-state index contributed by atoms with van der Waals surface area (Å²) in [6.45, 7) is 0. The molecule has 10 heteroatoms. The average Bonchev–Trinajstić information content (AvgIpc) is 3.60. The Morgan fingerprint density at radius 3 is 2.61 bits per heavy atom. The molecule has 4 aromatic heterocycles. The van der Waals surface area contributed by atoms with E-state index < -0.39 is 0 Å². The Kier molecular flexibility index (Phi) is 5.55. The molecule has 0 atom stereocenters.